The summed E-state index contributed by atoms with van der Waals surface area (Å²) in [5.74, 6) is 0.619. The summed E-state index contributed by atoms with van der Waals surface area (Å²) in [6, 6.07) is 0. The highest BCUT2D eigenvalue weighted by molar-refractivity contribution is 6.01. The highest BCUT2D eigenvalue weighted by Gasteiger charge is 2.37. The third-order valence-corrected chi connectivity index (χ3v) is 5.48. The first kappa shape index (κ1) is 20.4. The number of carbonyl (C=O) groups excluding carboxylic acids is 2. The summed E-state index contributed by atoms with van der Waals surface area (Å²) in [6.45, 7) is 12.1. The summed E-state index contributed by atoms with van der Waals surface area (Å²) in [6.07, 6.45) is 5.79. The van der Waals surface area contributed by atoms with Crippen molar-refractivity contribution in [3.05, 3.63) is 40.7 Å². The highest BCUT2D eigenvalue weighted by Crippen LogP contribution is 2.39. The Bertz CT molecular complexity index is 860. The van der Waals surface area contributed by atoms with Crippen molar-refractivity contribution in [2.75, 3.05) is 6.54 Å². The summed E-state index contributed by atoms with van der Waals surface area (Å²) in [5, 5.41) is 2.98. The minimum atomic E-state index is -0.0373. The van der Waals surface area contributed by atoms with Gasteiger partial charge in [-0.1, -0.05) is 27.7 Å². The zero-order valence-corrected chi connectivity index (χ0v) is 17.7. The van der Waals surface area contributed by atoms with E-state index in [-0.39, 0.29) is 23.5 Å². The zero-order chi connectivity index (χ0) is 20.5. The number of nitrogens with one attached hydrogen (secondary N) is 2. The third kappa shape index (κ3) is 4.37. The molecule has 28 heavy (non-hydrogen) atoms. The first-order chi connectivity index (χ1) is 13.2. The topological polar surface area (TPSA) is 79.8 Å². The van der Waals surface area contributed by atoms with E-state index in [1.807, 2.05) is 6.92 Å². The molecule has 0 fully saturated rings. The molecule has 0 saturated carbocycles. The van der Waals surface area contributed by atoms with Gasteiger partial charge in [-0.2, -0.15) is 0 Å². The molecule has 0 bridgehead atoms. The molecule has 2 heterocycles. The molecule has 1 amide bonds. The van der Waals surface area contributed by atoms with E-state index in [1.54, 1.807) is 12.5 Å². The van der Waals surface area contributed by atoms with Crippen molar-refractivity contribution in [3.8, 4) is 0 Å². The van der Waals surface area contributed by atoms with Gasteiger partial charge in [0, 0.05) is 54.8 Å². The van der Waals surface area contributed by atoms with Crippen molar-refractivity contribution in [1.82, 2.24) is 19.9 Å². The third-order valence-electron chi connectivity index (χ3n) is 5.48. The van der Waals surface area contributed by atoms with E-state index in [2.05, 4.69) is 47.5 Å². The number of aromatic nitrogens is 3. The summed E-state index contributed by atoms with van der Waals surface area (Å²) in [4.78, 5) is 32.6. The predicted octanol–water partition coefficient (Wildman–Crippen LogP) is 3.23. The smallest absolute Gasteiger partial charge is 0.224 e. The van der Waals surface area contributed by atoms with E-state index < -0.39 is 0 Å². The second-order valence-electron chi connectivity index (χ2n) is 9.18. The molecule has 0 aliphatic heterocycles. The molecular formula is C22H32N4O2. The van der Waals surface area contributed by atoms with Crippen LogP contribution in [0.3, 0.4) is 0 Å². The average Bonchev–Trinajstić information content (AvgIpc) is 3.16. The Morgan fingerprint density at radius 3 is 2.75 bits per heavy atom. The number of Topliss-reactive ketones (excluding diaryl/α,β-unsaturated/α-hetero) is 1. The summed E-state index contributed by atoms with van der Waals surface area (Å²) < 4.78 is 2.28. The fourth-order valence-corrected chi connectivity index (χ4v) is 4.22. The predicted molar refractivity (Wildman–Crippen MR) is 109 cm³/mol. The Kier molecular flexibility index (Phi) is 5.77. The number of ketones is 1. The van der Waals surface area contributed by atoms with Gasteiger partial charge in [-0.15, -0.1) is 0 Å². The van der Waals surface area contributed by atoms with Crippen molar-refractivity contribution >= 4 is 11.7 Å². The van der Waals surface area contributed by atoms with Crippen LogP contribution in [-0.4, -0.2) is 32.8 Å². The van der Waals surface area contributed by atoms with E-state index in [9.17, 15) is 9.59 Å². The van der Waals surface area contributed by atoms with Gasteiger partial charge in [0.25, 0.3) is 0 Å². The number of aromatic amines is 1. The van der Waals surface area contributed by atoms with Gasteiger partial charge in [-0.05, 0) is 30.2 Å². The summed E-state index contributed by atoms with van der Waals surface area (Å²) >= 11 is 0. The van der Waals surface area contributed by atoms with Crippen LogP contribution in [0.2, 0.25) is 0 Å². The maximum absolute atomic E-state index is 13.0. The van der Waals surface area contributed by atoms with E-state index in [0.717, 1.165) is 41.2 Å². The lowest BCUT2D eigenvalue weighted by atomic mass is 9.75. The van der Waals surface area contributed by atoms with Gasteiger partial charge >= 0.3 is 0 Å². The molecule has 2 N–H and O–H groups in total. The van der Waals surface area contributed by atoms with E-state index in [4.69, 9.17) is 0 Å². The van der Waals surface area contributed by atoms with Crippen LogP contribution < -0.4 is 5.32 Å². The molecule has 2 aromatic heterocycles. The monoisotopic (exact) mass is 384 g/mol. The van der Waals surface area contributed by atoms with Crippen molar-refractivity contribution < 1.29 is 9.59 Å². The number of hydrogen-bond donors (Lipinski definition) is 2. The minimum absolute atomic E-state index is 0.0345. The number of H-pyrrole nitrogens is 1. The van der Waals surface area contributed by atoms with Crippen molar-refractivity contribution in [3.63, 3.8) is 0 Å². The molecule has 3 rings (SSSR count). The molecule has 0 saturated heterocycles. The lowest BCUT2D eigenvalue weighted by Crippen LogP contribution is -2.30. The Morgan fingerprint density at radius 1 is 1.36 bits per heavy atom. The Balaban J connectivity index is 1.81. The fraction of sp³-hybridized carbons (Fsp3) is 0.591. The number of imidazole rings is 1. The lowest BCUT2D eigenvalue weighted by Gasteiger charge is -2.30. The molecule has 2 aromatic rings. The Morgan fingerprint density at radius 2 is 2.11 bits per heavy atom. The van der Waals surface area contributed by atoms with Crippen LogP contribution in [0.5, 0.6) is 0 Å². The molecular weight excluding hydrogens is 352 g/mol. The van der Waals surface area contributed by atoms with Gasteiger partial charge in [-0.25, -0.2) is 4.98 Å². The molecule has 1 aliphatic carbocycles. The van der Waals surface area contributed by atoms with E-state index in [1.165, 1.54) is 0 Å². The second-order valence-corrected chi connectivity index (χ2v) is 9.18. The maximum atomic E-state index is 13.0. The summed E-state index contributed by atoms with van der Waals surface area (Å²) in [5.41, 5.74) is 4.86. The molecule has 6 heteroatoms. The molecule has 0 radical (unpaired) electrons. The van der Waals surface area contributed by atoms with E-state index >= 15 is 0 Å². The largest absolute Gasteiger partial charge is 0.355 e. The second kappa shape index (κ2) is 7.94. The Hall–Kier alpha value is -2.37. The van der Waals surface area contributed by atoms with Crippen LogP contribution in [0.4, 0.5) is 0 Å². The molecule has 1 aliphatic rings. The number of hydrogen-bond acceptors (Lipinski definition) is 3. The molecule has 152 valence electrons. The van der Waals surface area contributed by atoms with Gasteiger partial charge in [0.15, 0.2) is 5.78 Å². The van der Waals surface area contributed by atoms with Crippen LogP contribution in [0.1, 0.15) is 67.1 Å². The van der Waals surface area contributed by atoms with Crippen molar-refractivity contribution in [2.45, 2.75) is 66.8 Å². The number of fused-ring (bicyclic) bond motifs is 1. The zero-order valence-electron chi connectivity index (χ0n) is 17.7. The van der Waals surface area contributed by atoms with Crippen LogP contribution in [-0.2, 0) is 30.6 Å². The first-order valence-electron chi connectivity index (χ1n) is 10.2. The molecule has 0 spiro atoms. The van der Waals surface area contributed by atoms with Crippen LogP contribution in [0.15, 0.2) is 12.5 Å². The number of amides is 1. The molecule has 6 nitrogen and oxygen atoms in total. The fourth-order valence-electron chi connectivity index (χ4n) is 4.22. The van der Waals surface area contributed by atoms with Crippen molar-refractivity contribution in [1.29, 1.82) is 0 Å². The first-order valence-corrected chi connectivity index (χ1v) is 10.2. The van der Waals surface area contributed by atoms with Gasteiger partial charge in [0.05, 0.1) is 12.7 Å². The van der Waals surface area contributed by atoms with E-state index in [0.29, 0.717) is 25.3 Å². The molecule has 0 unspecified atom stereocenters. The van der Waals surface area contributed by atoms with Crippen LogP contribution in [0.25, 0.3) is 0 Å². The highest BCUT2D eigenvalue weighted by atomic mass is 16.1. The number of rotatable bonds is 7. The van der Waals surface area contributed by atoms with Crippen molar-refractivity contribution in [2.24, 2.45) is 11.3 Å². The summed E-state index contributed by atoms with van der Waals surface area (Å²) in [7, 11) is 0. The minimum Gasteiger partial charge on any atom is -0.355 e. The number of carbonyl (C=O) groups is 2. The standard InChI is InChI=1S/C22H32N4O2/c1-14(2)12-26-15(3)17(21-18(26)9-22(4,5)10-19(21)27)8-20(28)24-7-6-16-11-23-13-25-16/h11,13-14H,6-10,12H2,1-5H3,(H,23,25)(H,24,28). The SMILES string of the molecule is Cc1c(CC(=O)NCCc2cnc[nH]2)c2c(n1CC(C)C)CC(C)(C)CC2=O. The normalized spacial score (nSPS) is 15.7. The van der Waals surface area contributed by atoms with Crippen LogP contribution in [0, 0.1) is 18.3 Å². The molecule has 0 aromatic carbocycles. The van der Waals surface area contributed by atoms with Gasteiger partial charge < -0.3 is 14.9 Å². The van der Waals surface area contributed by atoms with Gasteiger partial charge in [-0.3, -0.25) is 9.59 Å². The average molecular weight is 385 g/mol. The van der Waals surface area contributed by atoms with Gasteiger partial charge in [0.2, 0.25) is 5.91 Å². The van der Waals surface area contributed by atoms with Crippen LogP contribution >= 0.6 is 0 Å². The lowest BCUT2D eigenvalue weighted by molar-refractivity contribution is -0.120. The van der Waals surface area contributed by atoms with Gasteiger partial charge in [0.1, 0.15) is 0 Å². The maximum Gasteiger partial charge on any atom is 0.224 e. The quantitative estimate of drug-likeness (QED) is 0.769. The molecule has 0 atom stereocenters. The number of nitrogens with zero attached hydrogens (tertiary/aromatic N) is 2. The Labute approximate surface area is 167 Å².